The SMILES string of the molecule is COc1cccc(C2CCCN2C(=O)COc2cccc(Oc3ccccn3)c2)c1. The van der Waals surface area contributed by atoms with Crippen LogP contribution in [-0.4, -0.2) is 36.1 Å². The lowest BCUT2D eigenvalue weighted by Gasteiger charge is -2.25. The highest BCUT2D eigenvalue weighted by molar-refractivity contribution is 5.78. The lowest BCUT2D eigenvalue weighted by atomic mass is 10.0. The molecule has 2 heterocycles. The fraction of sp³-hybridized carbons (Fsp3) is 0.250. The van der Waals surface area contributed by atoms with Crippen molar-refractivity contribution in [2.45, 2.75) is 18.9 Å². The van der Waals surface area contributed by atoms with Crippen molar-refractivity contribution in [2.24, 2.45) is 0 Å². The Kier molecular flexibility index (Phi) is 6.13. The zero-order valence-corrected chi connectivity index (χ0v) is 16.9. The Morgan fingerprint density at radius 1 is 1.03 bits per heavy atom. The first-order valence-electron chi connectivity index (χ1n) is 9.98. The number of pyridine rings is 1. The average molecular weight is 404 g/mol. The van der Waals surface area contributed by atoms with Crippen LogP contribution in [0.4, 0.5) is 0 Å². The summed E-state index contributed by atoms with van der Waals surface area (Å²) in [7, 11) is 1.65. The Balaban J connectivity index is 1.38. The van der Waals surface area contributed by atoms with Gasteiger partial charge in [0, 0.05) is 24.9 Å². The molecule has 1 saturated heterocycles. The maximum Gasteiger partial charge on any atom is 0.261 e. The molecule has 0 N–H and O–H groups in total. The van der Waals surface area contributed by atoms with Crippen molar-refractivity contribution >= 4 is 5.91 Å². The second kappa shape index (κ2) is 9.31. The lowest BCUT2D eigenvalue weighted by Crippen LogP contribution is -2.34. The van der Waals surface area contributed by atoms with Crippen molar-refractivity contribution in [3.05, 3.63) is 78.5 Å². The van der Waals surface area contributed by atoms with E-state index in [1.807, 2.05) is 59.5 Å². The molecule has 1 fully saturated rings. The fourth-order valence-corrected chi connectivity index (χ4v) is 3.64. The van der Waals surface area contributed by atoms with E-state index < -0.39 is 0 Å². The van der Waals surface area contributed by atoms with Crippen LogP contribution >= 0.6 is 0 Å². The number of benzene rings is 2. The number of hydrogen-bond donors (Lipinski definition) is 0. The Labute approximate surface area is 176 Å². The molecule has 2 aromatic carbocycles. The minimum absolute atomic E-state index is 0.0203. The summed E-state index contributed by atoms with van der Waals surface area (Å²) >= 11 is 0. The molecule has 0 bridgehead atoms. The van der Waals surface area contributed by atoms with Crippen LogP contribution in [0.5, 0.6) is 23.1 Å². The molecule has 6 nitrogen and oxygen atoms in total. The Morgan fingerprint density at radius 3 is 2.70 bits per heavy atom. The van der Waals surface area contributed by atoms with E-state index in [2.05, 4.69) is 4.98 Å². The molecule has 1 unspecified atom stereocenters. The molecule has 1 atom stereocenters. The summed E-state index contributed by atoms with van der Waals surface area (Å²) in [5.74, 6) is 2.45. The van der Waals surface area contributed by atoms with Crippen molar-refractivity contribution in [1.82, 2.24) is 9.88 Å². The first-order chi connectivity index (χ1) is 14.7. The Hall–Kier alpha value is -3.54. The van der Waals surface area contributed by atoms with Gasteiger partial charge in [0.1, 0.15) is 17.2 Å². The van der Waals surface area contributed by atoms with Crippen molar-refractivity contribution in [3.63, 3.8) is 0 Å². The van der Waals surface area contributed by atoms with Crippen LogP contribution in [0.15, 0.2) is 72.9 Å². The number of aromatic nitrogens is 1. The summed E-state index contributed by atoms with van der Waals surface area (Å²) in [6.45, 7) is 0.709. The van der Waals surface area contributed by atoms with E-state index in [1.165, 1.54) is 0 Å². The van der Waals surface area contributed by atoms with Crippen LogP contribution in [0.2, 0.25) is 0 Å². The molecule has 0 spiro atoms. The largest absolute Gasteiger partial charge is 0.497 e. The first kappa shape index (κ1) is 19.8. The predicted molar refractivity (Wildman–Crippen MR) is 113 cm³/mol. The first-order valence-corrected chi connectivity index (χ1v) is 9.98. The third-order valence-corrected chi connectivity index (χ3v) is 5.08. The summed E-state index contributed by atoms with van der Waals surface area (Å²) in [5, 5.41) is 0. The number of likely N-dealkylation sites (tertiary alicyclic amines) is 1. The van der Waals surface area contributed by atoms with Gasteiger partial charge in [0.25, 0.3) is 5.91 Å². The second-order valence-corrected chi connectivity index (χ2v) is 7.06. The van der Waals surface area contributed by atoms with E-state index >= 15 is 0 Å². The van der Waals surface area contributed by atoms with Gasteiger partial charge in [0.05, 0.1) is 13.2 Å². The summed E-state index contributed by atoms with van der Waals surface area (Å²) in [6, 6.07) is 20.6. The smallest absolute Gasteiger partial charge is 0.261 e. The number of hydrogen-bond acceptors (Lipinski definition) is 5. The number of carbonyl (C=O) groups is 1. The van der Waals surface area contributed by atoms with Crippen LogP contribution < -0.4 is 14.2 Å². The van der Waals surface area contributed by atoms with Gasteiger partial charge in [-0.3, -0.25) is 4.79 Å². The normalized spacial score (nSPS) is 15.6. The molecule has 0 radical (unpaired) electrons. The number of rotatable bonds is 7. The molecular weight excluding hydrogens is 380 g/mol. The molecule has 30 heavy (non-hydrogen) atoms. The van der Waals surface area contributed by atoms with E-state index in [0.717, 1.165) is 30.7 Å². The number of ether oxygens (including phenoxy) is 3. The Bertz CT molecular complexity index is 993. The summed E-state index contributed by atoms with van der Waals surface area (Å²) in [6.07, 6.45) is 3.58. The van der Waals surface area contributed by atoms with Crippen molar-refractivity contribution in [1.29, 1.82) is 0 Å². The van der Waals surface area contributed by atoms with Gasteiger partial charge >= 0.3 is 0 Å². The number of nitrogens with zero attached hydrogens (tertiary/aromatic N) is 2. The lowest BCUT2D eigenvalue weighted by molar-refractivity contribution is -0.134. The highest BCUT2D eigenvalue weighted by atomic mass is 16.5. The molecule has 6 heteroatoms. The highest BCUT2D eigenvalue weighted by Crippen LogP contribution is 2.33. The molecule has 1 aliphatic rings. The standard InChI is InChI=1S/C24H24N2O4/c1-28-19-8-4-7-18(15-19)22-11-6-14-26(22)24(27)17-29-20-9-5-10-21(16-20)30-23-12-2-3-13-25-23/h2-5,7-10,12-13,15-16,22H,6,11,14,17H2,1H3. The summed E-state index contributed by atoms with van der Waals surface area (Å²) in [4.78, 5) is 18.9. The fourth-order valence-electron chi connectivity index (χ4n) is 3.64. The van der Waals surface area contributed by atoms with Gasteiger partial charge in [-0.2, -0.15) is 0 Å². The summed E-state index contributed by atoms with van der Waals surface area (Å²) < 4.78 is 16.8. The van der Waals surface area contributed by atoms with E-state index in [9.17, 15) is 4.79 Å². The Morgan fingerprint density at radius 2 is 1.87 bits per heavy atom. The van der Waals surface area contributed by atoms with E-state index in [0.29, 0.717) is 17.4 Å². The molecule has 3 aromatic rings. The number of methoxy groups -OCH3 is 1. The van der Waals surface area contributed by atoms with Crippen molar-refractivity contribution in [2.75, 3.05) is 20.3 Å². The molecule has 1 aliphatic heterocycles. The molecule has 1 amide bonds. The maximum absolute atomic E-state index is 12.9. The minimum atomic E-state index is -0.0311. The highest BCUT2D eigenvalue weighted by Gasteiger charge is 2.30. The van der Waals surface area contributed by atoms with Crippen LogP contribution in [-0.2, 0) is 4.79 Å². The van der Waals surface area contributed by atoms with Gasteiger partial charge in [0.15, 0.2) is 6.61 Å². The van der Waals surface area contributed by atoms with Gasteiger partial charge in [-0.25, -0.2) is 4.98 Å². The van der Waals surface area contributed by atoms with Crippen LogP contribution in [0.1, 0.15) is 24.4 Å². The topological polar surface area (TPSA) is 60.9 Å². The average Bonchev–Trinajstić information content (AvgIpc) is 3.29. The molecule has 154 valence electrons. The number of carbonyl (C=O) groups excluding carboxylic acids is 1. The van der Waals surface area contributed by atoms with Crippen LogP contribution in [0, 0.1) is 0 Å². The predicted octanol–water partition coefficient (Wildman–Crippen LogP) is 4.63. The van der Waals surface area contributed by atoms with Gasteiger partial charge in [-0.05, 0) is 48.7 Å². The van der Waals surface area contributed by atoms with Crippen LogP contribution in [0.3, 0.4) is 0 Å². The van der Waals surface area contributed by atoms with Gasteiger partial charge in [-0.1, -0.05) is 24.3 Å². The van der Waals surface area contributed by atoms with E-state index in [-0.39, 0.29) is 18.6 Å². The third kappa shape index (κ3) is 4.71. The molecule has 0 aliphatic carbocycles. The molecule has 4 rings (SSSR count). The van der Waals surface area contributed by atoms with Crippen molar-refractivity contribution in [3.8, 4) is 23.1 Å². The molecular formula is C24H24N2O4. The monoisotopic (exact) mass is 404 g/mol. The van der Waals surface area contributed by atoms with E-state index in [4.69, 9.17) is 14.2 Å². The van der Waals surface area contributed by atoms with Crippen molar-refractivity contribution < 1.29 is 19.0 Å². The number of amides is 1. The minimum Gasteiger partial charge on any atom is -0.497 e. The zero-order chi connectivity index (χ0) is 20.8. The van der Waals surface area contributed by atoms with E-state index in [1.54, 1.807) is 25.4 Å². The van der Waals surface area contributed by atoms with Gasteiger partial charge < -0.3 is 19.1 Å². The van der Waals surface area contributed by atoms with Gasteiger partial charge in [0.2, 0.25) is 5.88 Å². The molecule has 0 saturated carbocycles. The van der Waals surface area contributed by atoms with Crippen LogP contribution in [0.25, 0.3) is 0 Å². The second-order valence-electron chi connectivity index (χ2n) is 7.06. The quantitative estimate of drug-likeness (QED) is 0.575. The molecule has 1 aromatic heterocycles. The zero-order valence-electron chi connectivity index (χ0n) is 16.9. The maximum atomic E-state index is 12.9. The summed E-state index contributed by atoms with van der Waals surface area (Å²) in [5.41, 5.74) is 1.09. The van der Waals surface area contributed by atoms with Gasteiger partial charge in [-0.15, -0.1) is 0 Å². The third-order valence-electron chi connectivity index (χ3n) is 5.08.